The van der Waals surface area contributed by atoms with Crippen molar-refractivity contribution in [3.05, 3.63) is 0 Å². The molecular formula is C17H34. The fourth-order valence-electron chi connectivity index (χ4n) is 3.20. The first-order valence-corrected chi connectivity index (χ1v) is 7.82. The summed E-state index contributed by atoms with van der Waals surface area (Å²) in [7, 11) is 0. The molecule has 3 atom stereocenters. The minimum Gasteiger partial charge on any atom is -0.0625 e. The summed E-state index contributed by atoms with van der Waals surface area (Å²) in [6.07, 6.45) is 4.45. The molecule has 1 aliphatic carbocycles. The quantitative estimate of drug-likeness (QED) is 0.563. The molecule has 0 spiro atoms. The average molecular weight is 238 g/mol. The van der Waals surface area contributed by atoms with E-state index in [1.807, 2.05) is 0 Å². The summed E-state index contributed by atoms with van der Waals surface area (Å²) in [6.45, 7) is 16.8. The van der Waals surface area contributed by atoms with Crippen LogP contribution in [0.1, 0.15) is 67.7 Å². The number of hydrogen-bond acceptors (Lipinski definition) is 0. The molecule has 0 aromatic rings. The van der Waals surface area contributed by atoms with E-state index < -0.39 is 0 Å². The second-order valence-electron chi connectivity index (χ2n) is 7.53. The van der Waals surface area contributed by atoms with E-state index in [0.29, 0.717) is 0 Å². The Morgan fingerprint density at radius 1 is 0.765 bits per heavy atom. The lowest BCUT2D eigenvalue weighted by molar-refractivity contribution is 0.0584. The van der Waals surface area contributed by atoms with Gasteiger partial charge in [-0.05, 0) is 60.7 Å². The second-order valence-corrected chi connectivity index (χ2v) is 7.53. The molecule has 0 heteroatoms. The Hall–Kier alpha value is 0. The van der Waals surface area contributed by atoms with Crippen molar-refractivity contribution in [3.8, 4) is 0 Å². The molecule has 0 aromatic carbocycles. The van der Waals surface area contributed by atoms with Gasteiger partial charge in [0.15, 0.2) is 0 Å². The lowest BCUT2D eigenvalue weighted by atomic mass is 9.61. The van der Waals surface area contributed by atoms with Crippen molar-refractivity contribution in [2.24, 2.45) is 41.4 Å². The molecule has 1 fully saturated rings. The first-order chi connectivity index (χ1) is 7.82. The van der Waals surface area contributed by atoms with Gasteiger partial charge in [-0.2, -0.15) is 0 Å². The summed E-state index contributed by atoms with van der Waals surface area (Å²) in [5.74, 6) is 6.54. The molecule has 1 rings (SSSR count). The molecule has 1 aliphatic rings. The predicted octanol–water partition coefficient (Wildman–Crippen LogP) is 5.62. The molecule has 1 saturated carbocycles. The van der Waals surface area contributed by atoms with Gasteiger partial charge in [-0.25, -0.2) is 0 Å². The molecule has 0 saturated heterocycles. The third kappa shape index (κ3) is 4.00. The highest BCUT2D eigenvalue weighted by Crippen LogP contribution is 2.46. The van der Waals surface area contributed by atoms with Gasteiger partial charge in [-0.3, -0.25) is 0 Å². The van der Waals surface area contributed by atoms with Crippen LogP contribution in [0.2, 0.25) is 0 Å². The summed E-state index contributed by atoms with van der Waals surface area (Å²) in [5.41, 5.74) is 0. The van der Waals surface area contributed by atoms with Crippen LogP contribution in [0.4, 0.5) is 0 Å². The maximum atomic E-state index is 2.49. The van der Waals surface area contributed by atoms with Crippen LogP contribution in [-0.4, -0.2) is 0 Å². The average Bonchev–Trinajstić information content (AvgIpc) is 2.14. The Balaban J connectivity index is 2.28. The fraction of sp³-hybridized carbons (Fsp3) is 1.00. The second kappa shape index (κ2) is 6.25. The van der Waals surface area contributed by atoms with Crippen LogP contribution in [0.3, 0.4) is 0 Å². The van der Waals surface area contributed by atoms with Crippen LogP contribution in [0.25, 0.3) is 0 Å². The Kier molecular flexibility index (Phi) is 5.54. The van der Waals surface area contributed by atoms with E-state index in [0.717, 1.165) is 41.4 Å². The van der Waals surface area contributed by atoms with Crippen molar-refractivity contribution in [1.29, 1.82) is 0 Å². The summed E-state index contributed by atoms with van der Waals surface area (Å²) in [6, 6.07) is 0. The smallest absolute Gasteiger partial charge is 0.0381 e. The van der Waals surface area contributed by atoms with E-state index in [1.54, 1.807) is 0 Å². The maximum Gasteiger partial charge on any atom is -0.0381 e. The number of hydrogen-bond donors (Lipinski definition) is 0. The van der Waals surface area contributed by atoms with Gasteiger partial charge in [0, 0.05) is 0 Å². The van der Waals surface area contributed by atoms with Gasteiger partial charge in [0.1, 0.15) is 0 Å². The van der Waals surface area contributed by atoms with Crippen molar-refractivity contribution >= 4 is 0 Å². The lowest BCUT2D eigenvalue weighted by Crippen LogP contribution is -2.35. The molecule has 0 radical (unpaired) electrons. The van der Waals surface area contributed by atoms with E-state index >= 15 is 0 Å². The summed E-state index contributed by atoms with van der Waals surface area (Å²) in [4.78, 5) is 0. The van der Waals surface area contributed by atoms with Crippen LogP contribution in [-0.2, 0) is 0 Å². The van der Waals surface area contributed by atoms with Gasteiger partial charge in [0.2, 0.25) is 0 Å². The predicted molar refractivity (Wildman–Crippen MR) is 78.0 cm³/mol. The van der Waals surface area contributed by atoms with Gasteiger partial charge < -0.3 is 0 Å². The van der Waals surface area contributed by atoms with Crippen LogP contribution < -0.4 is 0 Å². The molecule has 0 aliphatic heterocycles. The molecule has 0 amide bonds. The van der Waals surface area contributed by atoms with Crippen molar-refractivity contribution < 1.29 is 0 Å². The highest BCUT2D eigenvalue weighted by atomic mass is 14.4. The zero-order valence-corrected chi connectivity index (χ0v) is 13.2. The minimum atomic E-state index is 0.850. The van der Waals surface area contributed by atoms with Gasteiger partial charge in [-0.1, -0.05) is 48.5 Å². The van der Waals surface area contributed by atoms with Gasteiger partial charge >= 0.3 is 0 Å². The third-order valence-corrected chi connectivity index (χ3v) is 5.69. The molecule has 102 valence electrons. The van der Waals surface area contributed by atoms with Crippen molar-refractivity contribution in [3.63, 3.8) is 0 Å². The fourth-order valence-corrected chi connectivity index (χ4v) is 3.20. The summed E-state index contributed by atoms with van der Waals surface area (Å²) in [5, 5.41) is 0. The van der Waals surface area contributed by atoms with Crippen LogP contribution in [0.5, 0.6) is 0 Å². The first-order valence-electron chi connectivity index (χ1n) is 7.82. The Bertz CT molecular complexity index is 210. The molecule has 0 N–H and O–H groups in total. The highest BCUT2D eigenvalue weighted by molar-refractivity contribution is 4.87. The van der Waals surface area contributed by atoms with Crippen molar-refractivity contribution in [2.45, 2.75) is 67.7 Å². The zero-order valence-electron chi connectivity index (χ0n) is 13.2. The zero-order chi connectivity index (χ0) is 13.2. The Morgan fingerprint density at radius 3 is 1.71 bits per heavy atom. The standard InChI is InChI=1S/C17H34/c1-11(2)13(5)8-14(6)16-9-17(10-16)15(7)12(3)4/h11-17H,8-10H2,1-7H3. The van der Waals surface area contributed by atoms with Crippen LogP contribution >= 0.6 is 0 Å². The first kappa shape index (κ1) is 15.1. The molecule has 0 heterocycles. The Labute approximate surface area is 110 Å². The van der Waals surface area contributed by atoms with Crippen LogP contribution in [0.15, 0.2) is 0 Å². The monoisotopic (exact) mass is 238 g/mol. The highest BCUT2D eigenvalue weighted by Gasteiger charge is 2.37. The molecule has 0 nitrogen and oxygen atoms in total. The topological polar surface area (TPSA) is 0 Å². The minimum absolute atomic E-state index is 0.850. The Morgan fingerprint density at radius 2 is 1.29 bits per heavy atom. The molecular weight excluding hydrogens is 204 g/mol. The van der Waals surface area contributed by atoms with E-state index in [9.17, 15) is 0 Å². The number of rotatable bonds is 6. The van der Waals surface area contributed by atoms with Gasteiger partial charge in [0.05, 0.1) is 0 Å². The lowest BCUT2D eigenvalue weighted by Gasteiger charge is -2.44. The summed E-state index contributed by atoms with van der Waals surface area (Å²) >= 11 is 0. The molecule has 0 bridgehead atoms. The van der Waals surface area contributed by atoms with E-state index in [2.05, 4.69) is 48.5 Å². The molecule has 0 aromatic heterocycles. The van der Waals surface area contributed by atoms with E-state index in [-0.39, 0.29) is 0 Å². The van der Waals surface area contributed by atoms with Gasteiger partial charge in [-0.15, -0.1) is 0 Å². The SMILES string of the molecule is CC(C)C(C)CC(C)C1CC(C(C)C(C)C)C1. The van der Waals surface area contributed by atoms with Crippen molar-refractivity contribution in [1.82, 2.24) is 0 Å². The van der Waals surface area contributed by atoms with Gasteiger partial charge in [0.25, 0.3) is 0 Å². The molecule has 3 unspecified atom stereocenters. The largest absolute Gasteiger partial charge is 0.0625 e. The maximum absolute atomic E-state index is 2.49. The van der Waals surface area contributed by atoms with Crippen LogP contribution in [0, 0.1) is 41.4 Å². The van der Waals surface area contributed by atoms with E-state index in [1.165, 1.54) is 19.3 Å². The van der Waals surface area contributed by atoms with E-state index in [4.69, 9.17) is 0 Å². The molecule has 17 heavy (non-hydrogen) atoms. The third-order valence-electron chi connectivity index (χ3n) is 5.69. The van der Waals surface area contributed by atoms with Crippen molar-refractivity contribution in [2.75, 3.05) is 0 Å². The normalized spacial score (nSPS) is 30.2. The summed E-state index contributed by atoms with van der Waals surface area (Å²) < 4.78 is 0.